The van der Waals surface area contributed by atoms with Crippen LogP contribution in [0.2, 0.25) is 0 Å². The highest BCUT2D eigenvalue weighted by Crippen LogP contribution is 2.26. The minimum atomic E-state index is -0.126. The van der Waals surface area contributed by atoms with Crippen LogP contribution in [0, 0.1) is 0 Å². The van der Waals surface area contributed by atoms with E-state index in [1.165, 1.54) is 12.1 Å². The molecule has 1 aromatic heterocycles. The lowest BCUT2D eigenvalue weighted by Gasteiger charge is -2.06. The molecule has 1 N–H and O–H groups in total. The maximum Gasteiger partial charge on any atom is 0.272 e. The van der Waals surface area contributed by atoms with Gasteiger partial charge < -0.3 is 5.32 Å². The van der Waals surface area contributed by atoms with Gasteiger partial charge in [-0.3, -0.25) is 4.79 Å². The zero-order valence-electron chi connectivity index (χ0n) is 13.0. The van der Waals surface area contributed by atoms with Crippen LogP contribution in [-0.4, -0.2) is 22.2 Å². The van der Waals surface area contributed by atoms with Crippen LogP contribution in [-0.2, 0) is 12.8 Å². The summed E-state index contributed by atoms with van der Waals surface area (Å²) in [7, 11) is 0. The molecule has 0 aliphatic heterocycles. The zero-order valence-corrected chi connectivity index (χ0v) is 14.6. The van der Waals surface area contributed by atoms with Crippen molar-refractivity contribution in [2.75, 3.05) is 6.54 Å². The molecule has 2 aromatic rings. The fourth-order valence-electron chi connectivity index (χ4n) is 3.00. The molecule has 0 saturated heterocycles. The fraction of sp³-hybridized carbons (Fsp3) is 0.333. The summed E-state index contributed by atoms with van der Waals surface area (Å²) in [4.78, 5) is 12.5. The number of amides is 1. The molecule has 1 aliphatic carbocycles. The van der Waals surface area contributed by atoms with Crippen LogP contribution in [0.4, 0.5) is 0 Å². The molecule has 3 rings (SSSR count). The van der Waals surface area contributed by atoms with Crippen molar-refractivity contribution in [2.45, 2.75) is 32.1 Å². The first-order valence-corrected chi connectivity index (χ1v) is 8.74. The van der Waals surface area contributed by atoms with Crippen molar-refractivity contribution in [3.8, 4) is 5.69 Å². The Hall–Kier alpha value is -1.88. The first-order chi connectivity index (χ1) is 11.2. The number of carbonyl (C=O) groups is 1. The second kappa shape index (κ2) is 7.13. The third-order valence-corrected chi connectivity index (χ3v) is 4.37. The van der Waals surface area contributed by atoms with Gasteiger partial charge >= 0.3 is 0 Å². The van der Waals surface area contributed by atoms with E-state index in [0.717, 1.165) is 41.4 Å². The lowest BCUT2D eigenvalue weighted by molar-refractivity contribution is 0.0951. The largest absolute Gasteiger partial charge is 0.346 e. The number of carbonyl (C=O) groups excluding carboxylic acids is 1. The summed E-state index contributed by atoms with van der Waals surface area (Å²) >= 11 is 3.27. The Morgan fingerprint density at radius 2 is 1.96 bits per heavy atom. The van der Waals surface area contributed by atoms with Gasteiger partial charge in [-0.15, -0.1) is 0 Å². The minimum absolute atomic E-state index is 0.126. The molecule has 120 valence electrons. The van der Waals surface area contributed by atoms with Crippen LogP contribution in [0.1, 0.15) is 41.0 Å². The van der Waals surface area contributed by atoms with Crippen molar-refractivity contribution < 1.29 is 4.79 Å². The van der Waals surface area contributed by atoms with Gasteiger partial charge in [-0.25, -0.2) is 4.68 Å². The Balaban J connectivity index is 2.01. The number of rotatable bonds is 4. The Bertz CT molecular complexity index is 721. The second-order valence-electron chi connectivity index (χ2n) is 5.78. The Morgan fingerprint density at radius 1 is 1.22 bits per heavy atom. The number of hydrogen-bond acceptors (Lipinski definition) is 2. The van der Waals surface area contributed by atoms with E-state index in [1.807, 2.05) is 35.0 Å². The standard InChI is InChI=1S/C18H20BrN3O/c1-13(19)12-20-18(23)17-15-10-6-3-7-11-16(15)22(21-17)14-8-4-2-5-9-14/h2,4-5,8-9H,1,3,6-7,10-12H2,(H,20,23). The number of nitrogens with zero attached hydrogens (tertiary/aromatic N) is 2. The van der Waals surface area contributed by atoms with E-state index in [1.54, 1.807) is 0 Å². The van der Waals surface area contributed by atoms with Crippen molar-refractivity contribution in [2.24, 2.45) is 0 Å². The van der Waals surface area contributed by atoms with Crippen molar-refractivity contribution in [1.29, 1.82) is 0 Å². The van der Waals surface area contributed by atoms with E-state index in [0.29, 0.717) is 12.2 Å². The molecule has 0 unspecified atom stereocenters. The van der Waals surface area contributed by atoms with E-state index in [-0.39, 0.29) is 5.91 Å². The second-order valence-corrected chi connectivity index (χ2v) is 6.90. The molecule has 23 heavy (non-hydrogen) atoms. The summed E-state index contributed by atoms with van der Waals surface area (Å²) in [5.41, 5.74) is 3.84. The lowest BCUT2D eigenvalue weighted by atomic mass is 10.1. The zero-order chi connectivity index (χ0) is 16.2. The van der Waals surface area contributed by atoms with Crippen molar-refractivity contribution in [3.05, 3.63) is 58.3 Å². The summed E-state index contributed by atoms with van der Waals surface area (Å²) in [6, 6.07) is 10.0. The molecular weight excluding hydrogens is 354 g/mol. The van der Waals surface area contributed by atoms with Crippen molar-refractivity contribution in [3.63, 3.8) is 0 Å². The predicted octanol–water partition coefficient (Wildman–Crippen LogP) is 3.78. The fourth-order valence-corrected chi connectivity index (χ4v) is 3.14. The van der Waals surface area contributed by atoms with Crippen LogP contribution in [0.5, 0.6) is 0 Å². The average Bonchev–Trinajstić information content (AvgIpc) is 2.75. The molecule has 4 nitrogen and oxygen atoms in total. The van der Waals surface area contributed by atoms with E-state index < -0.39 is 0 Å². The van der Waals surface area contributed by atoms with Crippen LogP contribution < -0.4 is 5.32 Å². The van der Waals surface area contributed by atoms with Crippen LogP contribution in [0.3, 0.4) is 0 Å². The van der Waals surface area contributed by atoms with Crippen LogP contribution in [0.25, 0.3) is 5.69 Å². The number of aromatic nitrogens is 2. The highest BCUT2D eigenvalue weighted by molar-refractivity contribution is 9.11. The van der Waals surface area contributed by atoms with Gasteiger partial charge in [-0.2, -0.15) is 5.10 Å². The molecule has 0 radical (unpaired) electrons. The summed E-state index contributed by atoms with van der Waals surface area (Å²) in [5.74, 6) is -0.126. The van der Waals surface area contributed by atoms with Gasteiger partial charge in [0.05, 0.1) is 5.69 Å². The Kier molecular flexibility index (Phi) is 4.96. The van der Waals surface area contributed by atoms with Gasteiger partial charge in [0.25, 0.3) is 5.91 Å². The van der Waals surface area contributed by atoms with Crippen molar-refractivity contribution in [1.82, 2.24) is 15.1 Å². The van der Waals surface area contributed by atoms with Gasteiger partial charge in [-0.05, 0) is 37.8 Å². The van der Waals surface area contributed by atoms with Gasteiger partial charge in [0.1, 0.15) is 0 Å². The summed E-state index contributed by atoms with van der Waals surface area (Å²) < 4.78 is 2.69. The number of benzene rings is 1. The maximum absolute atomic E-state index is 12.5. The summed E-state index contributed by atoms with van der Waals surface area (Å²) in [6.45, 7) is 4.16. The highest BCUT2D eigenvalue weighted by Gasteiger charge is 2.24. The molecule has 1 amide bonds. The van der Waals surface area contributed by atoms with E-state index in [4.69, 9.17) is 0 Å². The number of hydrogen-bond donors (Lipinski definition) is 1. The average molecular weight is 374 g/mol. The molecule has 0 spiro atoms. The van der Waals surface area contributed by atoms with E-state index >= 15 is 0 Å². The Morgan fingerprint density at radius 3 is 2.70 bits per heavy atom. The third-order valence-electron chi connectivity index (χ3n) is 4.09. The quantitative estimate of drug-likeness (QED) is 0.828. The number of fused-ring (bicyclic) bond motifs is 1. The number of halogens is 1. The topological polar surface area (TPSA) is 46.9 Å². The van der Waals surface area contributed by atoms with Gasteiger partial charge in [0.15, 0.2) is 5.69 Å². The molecule has 1 aliphatic rings. The molecule has 0 saturated carbocycles. The van der Waals surface area contributed by atoms with Crippen LogP contribution in [0.15, 0.2) is 41.4 Å². The van der Waals surface area contributed by atoms with Crippen molar-refractivity contribution >= 4 is 21.8 Å². The number of nitrogens with one attached hydrogen (secondary N) is 1. The molecule has 1 aromatic carbocycles. The minimum Gasteiger partial charge on any atom is -0.346 e. The molecule has 0 atom stereocenters. The van der Waals surface area contributed by atoms with E-state index in [2.05, 4.69) is 32.9 Å². The molecule has 5 heteroatoms. The Labute approximate surface area is 144 Å². The smallest absolute Gasteiger partial charge is 0.272 e. The summed E-state index contributed by atoms with van der Waals surface area (Å²) in [5, 5.41) is 7.51. The van der Waals surface area contributed by atoms with Gasteiger partial charge in [0.2, 0.25) is 0 Å². The maximum atomic E-state index is 12.5. The first kappa shape index (κ1) is 16.0. The van der Waals surface area contributed by atoms with Crippen LogP contribution >= 0.6 is 15.9 Å². The third kappa shape index (κ3) is 3.55. The summed E-state index contributed by atoms with van der Waals surface area (Å²) in [6.07, 6.45) is 5.34. The molecule has 0 bridgehead atoms. The monoisotopic (exact) mass is 373 g/mol. The SMILES string of the molecule is C=C(Br)CNC(=O)c1nn(-c2ccccc2)c2c1CCCCC2. The van der Waals surface area contributed by atoms with E-state index in [9.17, 15) is 4.79 Å². The number of para-hydroxylation sites is 1. The molecule has 0 fully saturated rings. The molecular formula is C18H20BrN3O. The van der Waals surface area contributed by atoms with Gasteiger partial charge in [0, 0.05) is 22.3 Å². The highest BCUT2D eigenvalue weighted by atomic mass is 79.9. The first-order valence-electron chi connectivity index (χ1n) is 7.94. The lowest BCUT2D eigenvalue weighted by Crippen LogP contribution is -2.26. The predicted molar refractivity (Wildman–Crippen MR) is 95.2 cm³/mol. The normalized spacial score (nSPS) is 14.0. The molecule has 1 heterocycles. The van der Waals surface area contributed by atoms with Gasteiger partial charge in [-0.1, -0.05) is 47.1 Å².